The minimum atomic E-state index is -0.512. The zero-order valence-corrected chi connectivity index (χ0v) is 17.0. The van der Waals surface area contributed by atoms with Gasteiger partial charge in [-0.05, 0) is 66.6 Å². The van der Waals surface area contributed by atoms with Crippen molar-refractivity contribution in [2.24, 2.45) is 0 Å². The topological polar surface area (TPSA) is 39.3 Å². The summed E-state index contributed by atoms with van der Waals surface area (Å²) in [6.07, 6.45) is 0.127. The third-order valence-electron chi connectivity index (χ3n) is 6.10. The molecule has 0 aliphatic carbocycles. The van der Waals surface area contributed by atoms with E-state index in [1.165, 1.54) is 24.3 Å². The fourth-order valence-corrected chi connectivity index (χ4v) is 4.98. The van der Waals surface area contributed by atoms with Gasteiger partial charge in [-0.1, -0.05) is 17.7 Å². The monoisotopic (exact) mass is 435 g/mol. The number of aromatic amines is 1. The van der Waals surface area contributed by atoms with Crippen molar-refractivity contribution in [3.8, 4) is 0 Å². The number of rotatable bonds is 1. The highest BCUT2D eigenvalue weighted by atomic mass is 35.5. The minimum absolute atomic E-state index is 0.241. The van der Waals surface area contributed by atoms with Crippen molar-refractivity contribution in [2.75, 3.05) is 11.4 Å². The van der Waals surface area contributed by atoms with Gasteiger partial charge in [-0.2, -0.15) is 0 Å². The van der Waals surface area contributed by atoms with Crippen LogP contribution in [0.15, 0.2) is 60.7 Å². The maximum absolute atomic E-state index is 14.2. The molecule has 4 nitrogen and oxygen atoms in total. The molecule has 154 valence electrons. The van der Waals surface area contributed by atoms with Gasteiger partial charge in [0.15, 0.2) is 6.17 Å². The number of carbonyl (C=O) groups excluding carboxylic acids is 1. The number of hydrogen-bond donors (Lipinski definition) is 1. The Morgan fingerprint density at radius 1 is 1.00 bits per heavy atom. The SMILES string of the molecule is O=C1c2cc(F)ccc2N(c2cccc(F)c2)C2c3[nH]c4ccc(Cl)cc4c3CCN12. The largest absolute Gasteiger partial charge is 0.355 e. The van der Waals surface area contributed by atoms with Crippen molar-refractivity contribution >= 4 is 39.8 Å². The van der Waals surface area contributed by atoms with Gasteiger partial charge in [0.25, 0.3) is 5.91 Å². The molecule has 0 radical (unpaired) electrons. The molecule has 0 fully saturated rings. The number of halogens is 3. The van der Waals surface area contributed by atoms with Gasteiger partial charge in [0, 0.05) is 28.2 Å². The van der Waals surface area contributed by atoms with Gasteiger partial charge in [-0.3, -0.25) is 4.79 Å². The molecule has 0 bridgehead atoms. The van der Waals surface area contributed by atoms with E-state index in [1.807, 2.05) is 23.1 Å². The smallest absolute Gasteiger partial charge is 0.258 e. The molecule has 6 rings (SSSR count). The van der Waals surface area contributed by atoms with Crippen molar-refractivity contribution in [1.29, 1.82) is 0 Å². The summed E-state index contributed by atoms with van der Waals surface area (Å²) in [7, 11) is 0. The van der Waals surface area contributed by atoms with E-state index in [4.69, 9.17) is 11.6 Å². The number of anilines is 2. The number of fused-ring (bicyclic) bond motifs is 6. The van der Waals surface area contributed by atoms with Crippen molar-refractivity contribution in [2.45, 2.75) is 12.6 Å². The summed E-state index contributed by atoms with van der Waals surface area (Å²) >= 11 is 6.24. The zero-order chi connectivity index (χ0) is 21.3. The summed E-state index contributed by atoms with van der Waals surface area (Å²) in [4.78, 5) is 20.4. The molecule has 0 saturated carbocycles. The third-order valence-corrected chi connectivity index (χ3v) is 6.33. The van der Waals surface area contributed by atoms with Crippen molar-refractivity contribution in [3.63, 3.8) is 0 Å². The van der Waals surface area contributed by atoms with Crippen LogP contribution in [0.3, 0.4) is 0 Å². The molecular formula is C24H16ClF2N3O. The molecule has 2 aliphatic heterocycles. The van der Waals surface area contributed by atoms with E-state index in [1.54, 1.807) is 23.1 Å². The van der Waals surface area contributed by atoms with Crippen LogP contribution in [0.5, 0.6) is 0 Å². The van der Waals surface area contributed by atoms with Gasteiger partial charge < -0.3 is 14.8 Å². The quantitative estimate of drug-likeness (QED) is 0.401. The Balaban J connectivity index is 1.64. The second kappa shape index (κ2) is 6.56. The van der Waals surface area contributed by atoms with Gasteiger partial charge >= 0.3 is 0 Å². The predicted octanol–water partition coefficient (Wildman–Crippen LogP) is 5.95. The molecule has 0 spiro atoms. The molecule has 4 aromatic rings. The summed E-state index contributed by atoms with van der Waals surface area (Å²) in [5.74, 6) is -1.11. The highest BCUT2D eigenvalue weighted by Crippen LogP contribution is 2.47. The van der Waals surface area contributed by atoms with Gasteiger partial charge in [0.05, 0.1) is 16.9 Å². The molecule has 1 unspecified atom stereocenters. The summed E-state index contributed by atoms with van der Waals surface area (Å²) in [6.45, 7) is 0.456. The average molecular weight is 436 g/mol. The molecule has 7 heteroatoms. The van der Waals surface area contributed by atoms with Crippen LogP contribution in [-0.4, -0.2) is 22.3 Å². The first-order valence-corrected chi connectivity index (χ1v) is 10.3. The normalized spacial score (nSPS) is 17.5. The first-order chi connectivity index (χ1) is 15.0. The lowest BCUT2D eigenvalue weighted by atomic mass is 9.95. The Morgan fingerprint density at radius 3 is 2.68 bits per heavy atom. The molecule has 0 saturated heterocycles. The maximum atomic E-state index is 14.2. The third kappa shape index (κ3) is 2.68. The van der Waals surface area contributed by atoms with Gasteiger partial charge in [0.2, 0.25) is 0 Å². The molecule has 1 amide bonds. The number of nitrogens with one attached hydrogen (secondary N) is 1. The highest BCUT2D eigenvalue weighted by molar-refractivity contribution is 6.31. The summed E-state index contributed by atoms with van der Waals surface area (Å²) in [6, 6.07) is 16.0. The fraction of sp³-hybridized carbons (Fsp3) is 0.125. The summed E-state index contributed by atoms with van der Waals surface area (Å²) in [5.41, 5.74) is 4.26. The second-order valence-electron chi connectivity index (χ2n) is 7.84. The molecule has 2 aliphatic rings. The molecule has 3 heterocycles. The van der Waals surface area contributed by atoms with Crippen LogP contribution in [0.4, 0.5) is 20.2 Å². The van der Waals surface area contributed by atoms with Gasteiger partial charge in [-0.15, -0.1) is 0 Å². The lowest BCUT2D eigenvalue weighted by molar-refractivity contribution is 0.0641. The number of benzene rings is 3. The summed E-state index contributed by atoms with van der Waals surface area (Å²) in [5, 5.41) is 1.65. The van der Waals surface area contributed by atoms with Crippen LogP contribution < -0.4 is 4.90 Å². The van der Waals surface area contributed by atoms with Gasteiger partial charge in [0.1, 0.15) is 11.6 Å². The number of amides is 1. The highest BCUT2D eigenvalue weighted by Gasteiger charge is 2.43. The van der Waals surface area contributed by atoms with Crippen LogP contribution in [0, 0.1) is 11.6 Å². The van der Waals surface area contributed by atoms with E-state index in [-0.39, 0.29) is 17.3 Å². The number of hydrogen-bond acceptors (Lipinski definition) is 2. The summed E-state index contributed by atoms with van der Waals surface area (Å²) < 4.78 is 28.2. The minimum Gasteiger partial charge on any atom is -0.355 e. The first kappa shape index (κ1) is 18.4. The Hall–Kier alpha value is -3.38. The van der Waals surface area contributed by atoms with Crippen molar-refractivity contribution in [3.05, 3.63) is 94.1 Å². The number of aromatic nitrogens is 1. The Kier molecular flexibility index (Phi) is 3.89. The Labute approximate surface area is 181 Å². The van der Waals surface area contributed by atoms with E-state index >= 15 is 0 Å². The van der Waals surface area contributed by atoms with Crippen LogP contribution >= 0.6 is 11.6 Å². The number of carbonyl (C=O) groups is 1. The lowest BCUT2D eigenvalue weighted by Crippen LogP contribution is -2.50. The Morgan fingerprint density at radius 2 is 1.84 bits per heavy atom. The van der Waals surface area contributed by atoms with Crippen molar-refractivity contribution in [1.82, 2.24) is 9.88 Å². The predicted molar refractivity (Wildman–Crippen MR) is 116 cm³/mol. The molecular weight excluding hydrogens is 420 g/mol. The van der Waals surface area contributed by atoms with E-state index in [9.17, 15) is 13.6 Å². The van der Waals surface area contributed by atoms with E-state index < -0.39 is 12.0 Å². The van der Waals surface area contributed by atoms with E-state index in [0.717, 1.165) is 22.2 Å². The maximum Gasteiger partial charge on any atom is 0.258 e. The van der Waals surface area contributed by atoms with E-state index in [2.05, 4.69) is 4.98 Å². The average Bonchev–Trinajstić information content (AvgIpc) is 3.12. The number of nitrogens with zero attached hydrogens (tertiary/aromatic N) is 2. The van der Waals surface area contributed by atoms with Crippen LogP contribution in [-0.2, 0) is 6.42 Å². The molecule has 1 aromatic heterocycles. The first-order valence-electron chi connectivity index (χ1n) is 9.96. The molecule has 31 heavy (non-hydrogen) atoms. The number of H-pyrrole nitrogens is 1. The van der Waals surface area contributed by atoms with Gasteiger partial charge in [-0.25, -0.2) is 8.78 Å². The molecule has 1 atom stereocenters. The lowest BCUT2D eigenvalue weighted by Gasteiger charge is -2.47. The van der Waals surface area contributed by atoms with E-state index in [0.29, 0.717) is 29.4 Å². The standard InChI is InChI=1S/C24H16ClF2N3O/c25-13-4-6-20-18(10-13)17-8-9-29-23(22(17)28-20)30(16-3-1-2-14(26)11-16)21-7-5-15(27)12-19(21)24(29)31/h1-7,10-12,23,28H,8-9H2. The fourth-order valence-electron chi connectivity index (χ4n) is 4.80. The second-order valence-corrected chi connectivity index (χ2v) is 8.28. The van der Waals surface area contributed by atoms with Crippen LogP contribution in [0.2, 0.25) is 5.02 Å². The van der Waals surface area contributed by atoms with Crippen LogP contribution in [0.1, 0.15) is 27.8 Å². The molecule has 1 N–H and O–H groups in total. The van der Waals surface area contributed by atoms with Crippen molar-refractivity contribution < 1.29 is 13.6 Å². The zero-order valence-electron chi connectivity index (χ0n) is 16.2. The Bertz CT molecular complexity index is 1380. The van der Waals surface area contributed by atoms with Crippen LogP contribution in [0.25, 0.3) is 10.9 Å². The molecule has 3 aromatic carbocycles.